The normalized spacial score (nSPS) is 24.8. The molecule has 104 valence electrons. The highest BCUT2D eigenvalue weighted by Crippen LogP contribution is 2.29. The van der Waals surface area contributed by atoms with Crippen LogP contribution in [0.1, 0.15) is 52.4 Å². The first kappa shape index (κ1) is 15.5. The molecule has 0 aromatic carbocycles. The zero-order valence-corrected chi connectivity index (χ0v) is 11.9. The third-order valence-corrected chi connectivity index (χ3v) is 4.17. The Labute approximate surface area is 112 Å². The van der Waals surface area contributed by atoms with Gasteiger partial charge < -0.3 is 10.4 Å². The highest BCUT2D eigenvalue weighted by Gasteiger charge is 2.23. The van der Waals surface area contributed by atoms with Crippen LogP contribution in [0.3, 0.4) is 0 Å². The quantitative estimate of drug-likeness (QED) is 0.685. The summed E-state index contributed by atoms with van der Waals surface area (Å²) in [5.41, 5.74) is -0.194. The maximum absolute atomic E-state index is 9.34. The predicted molar refractivity (Wildman–Crippen MR) is 74.0 cm³/mol. The van der Waals surface area contributed by atoms with Crippen molar-refractivity contribution >= 4 is 0 Å². The molecule has 2 N–H and O–H groups in total. The van der Waals surface area contributed by atoms with Crippen LogP contribution < -0.4 is 5.32 Å². The van der Waals surface area contributed by atoms with Crippen LogP contribution in [-0.2, 0) is 0 Å². The second-order valence-corrected chi connectivity index (χ2v) is 6.29. The molecule has 0 radical (unpaired) electrons. The van der Waals surface area contributed by atoms with Gasteiger partial charge in [0.2, 0.25) is 0 Å². The molecule has 1 rings (SSSR count). The topological polar surface area (TPSA) is 56.0 Å². The summed E-state index contributed by atoms with van der Waals surface area (Å²) < 4.78 is 0. The van der Waals surface area contributed by atoms with Crippen LogP contribution in [0.15, 0.2) is 0 Å². The molecule has 0 spiro atoms. The van der Waals surface area contributed by atoms with Crippen molar-refractivity contribution in [2.45, 2.75) is 52.4 Å². The molecule has 0 aromatic heterocycles. The number of nitrogens with zero attached hydrogens (tertiary/aromatic N) is 1. The lowest BCUT2D eigenvalue weighted by atomic mass is 9.79. The Morgan fingerprint density at radius 3 is 2.56 bits per heavy atom. The van der Waals surface area contributed by atoms with E-state index in [1.807, 2.05) is 13.8 Å². The predicted octanol–water partition coefficient (Wildman–Crippen LogP) is 2.70. The van der Waals surface area contributed by atoms with Crippen LogP contribution >= 0.6 is 0 Å². The molecular formula is C15H28N2O. The SMILES string of the molecule is CC(C)(C#N)CCCNCC1CCCCC1CO. The minimum absolute atomic E-state index is 0.194. The Morgan fingerprint density at radius 1 is 1.28 bits per heavy atom. The van der Waals surface area contributed by atoms with E-state index in [1.54, 1.807) is 0 Å². The smallest absolute Gasteiger partial charge is 0.0683 e. The summed E-state index contributed by atoms with van der Waals surface area (Å²) >= 11 is 0. The zero-order valence-electron chi connectivity index (χ0n) is 11.9. The van der Waals surface area contributed by atoms with Crippen LogP contribution in [0.25, 0.3) is 0 Å². The maximum atomic E-state index is 9.34. The Bertz CT molecular complexity index is 270. The molecule has 0 saturated heterocycles. The van der Waals surface area contributed by atoms with Gasteiger partial charge in [-0.25, -0.2) is 0 Å². The minimum Gasteiger partial charge on any atom is -0.396 e. The summed E-state index contributed by atoms with van der Waals surface area (Å²) in [6, 6.07) is 2.34. The lowest BCUT2D eigenvalue weighted by Crippen LogP contribution is -2.33. The van der Waals surface area contributed by atoms with E-state index in [9.17, 15) is 5.11 Å². The largest absolute Gasteiger partial charge is 0.396 e. The zero-order chi connectivity index (χ0) is 13.4. The first-order chi connectivity index (χ1) is 8.59. The van der Waals surface area contributed by atoms with Gasteiger partial charge in [0.05, 0.1) is 11.5 Å². The molecule has 0 bridgehead atoms. The first-order valence-corrected chi connectivity index (χ1v) is 7.32. The second kappa shape index (κ2) is 7.76. The van der Waals surface area contributed by atoms with Crippen molar-refractivity contribution in [3.05, 3.63) is 0 Å². The summed E-state index contributed by atoms with van der Waals surface area (Å²) in [5, 5.41) is 21.8. The number of aliphatic hydroxyl groups is 1. The van der Waals surface area contributed by atoms with Crippen molar-refractivity contribution in [2.75, 3.05) is 19.7 Å². The first-order valence-electron chi connectivity index (χ1n) is 7.32. The van der Waals surface area contributed by atoms with E-state index in [1.165, 1.54) is 25.7 Å². The van der Waals surface area contributed by atoms with Crippen molar-refractivity contribution in [1.82, 2.24) is 5.32 Å². The van der Waals surface area contributed by atoms with Gasteiger partial charge in [-0.3, -0.25) is 0 Å². The molecule has 3 heteroatoms. The molecule has 1 aliphatic carbocycles. The molecule has 2 atom stereocenters. The van der Waals surface area contributed by atoms with E-state index in [0.29, 0.717) is 18.4 Å². The lowest BCUT2D eigenvalue weighted by Gasteiger charge is -2.30. The number of hydrogen-bond donors (Lipinski definition) is 2. The molecule has 0 amide bonds. The van der Waals surface area contributed by atoms with E-state index >= 15 is 0 Å². The maximum Gasteiger partial charge on any atom is 0.0683 e. The fourth-order valence-electron chi connectivity index (χ4n) is 2.79. The monoisotopic (exact) mass is 252 g/mol. The van der Waals surface area contributed by atoms with Crippen molar-refractivity contribution in [3.63, 3.8) is 0 Å². The van der Waals surface area contributed by atoms with Crippen molar-refractivity contribution in [2.24, 2.45) is 17.3 Å². The summed E-state index contributed by atoms with van der Waals surface area (Å²) in [7, 11) is 0. The minimum atomic E-state index is -0.194. The highest BCUT2D eigenvalue weighted by atomic mass is 16.3. The Balaban J connectivity index is 2.12. The van der Waals surface area contributed by atoms with E-state index in [0.717, 1.165) is 25.9 Å². The van der Waals surface area contributed by atoms with Gasteiger partial charge in [0.25, 0.3) is 0 Å². The second-order valence-electron chi connectivity index (χ2n) is 6.29. The molecule has 1 fully saturated rings. The number of nitrogens with one attached hydrogen (secondary N) is 1. The molecule has 0 aromatic rings. The van der Waals surface area contributed by atoms with Gasteiger partial charge in [-0.1, -0.05) is 12.8 Å². The molecule has 0 heterocycles. The van der Waals surface area contributed by atoms with Gasteiger partial charge in [-0.2, -0.15) is 5.26 Å². The molecule has 1 saturated carbocycles. The van der Waals surface area contributed by atoms with Crippen LogP contribution in [0.2, 0.25) is 0 Å². The van der Waals surface area contributed by atoms with Gasteiger partial charge in [0.15, 0.2) is 0 Å². The average molecular weight is 252 g/mol. The van der Waals surface area contributed by atoms with E-state index in [4.69, 9.17) is 5.26 Å². The van der Waals surface area contributed by atoms with Crippen molar-refractivity contribution < 1.29 is 5.11 Å². The van der Waals surface area contributed by atoms with E-state index < -0.39 is 0 Å². The van der Waals surface area contributed by atoms with Crippen LogP contribution in [0.5, 0.6) is 0 Å². The molecule has 3 nitrogen and oxygen atoms in total. The average Bonchev–Trinajstić information content (AvgIpc) is 2.38. The van der Waals surface area contributed by atoms with E-state index in [-0.39, 0.29) is 5.41 Å². The molecule has 0 aliphatic heterocycles. The van der Waals surface area contributed by atoms with Crippen molar-refractivity contribution in [1.29, 1.82) is 5.26 Å². The summed E-state index contributed by atoms with van der Waals surface area (Å²) in [4.78, 5) is 0. The summed E-state index contributed by atoms with van der Waals surface area (Å²) in [6.07, 6.45) is 7.02. The lowest BCUT2D eigenvalue weighted by molar-refractivity contribution is 0.133. The molecule has 2 unspecified atom stereocenters. The molecular weight excluding hydrogens is 224 g/mol. The van der Waals surface area contributed by atoms with Crippen molar-refractivity contribution in [3.8, 4) is 6.07 Å². The Hall–Kier alpha value is -0.590. The van der Waals surface area contributed by atoms with Crippen LogP contribution in [-0.4, -0.2) is 24.8 Å². The van der Waals surface area contributed by atoms with Crippen LogP contribution in [0.4, 0.5) is 0 Å². The fourth-order valence-corrected chi connectivity index (χ4v) is 2.79. The molecule has 18 heavy (non-hydrogen) atoms. The van der Waals surface area contributed by atoms with Gasteiger partial charge in [-0.05, 0) is 64.5 Å². The standard InChI is InChI=1S/C15H28N2O/c1-15(2,12-16)8-5-9-17-10-13-6-3-4-7-14(13)11-18/h13-14,17-18H,3-11H2,1-2H3. The van der Waals surface area contributed by atoms with Gasteiger partial charge in [0.1, 0.15) is 0 Å². The third kappa shape index (κ3) is 5.37. The number of hydrogen-bond acceptors (Lipinski definition) is 3. The highest BCUT2D eigenvalue weighted by molar-refractivity contribution is 4.91. The number of nitriles is 1. The van der Waals surface area contributed by atoms with E-state index in [2.05, 4.69) is 11.4 Å². The van der Waals surface area contributed by atoms with Gasteiger partial charge in [-0.15, -0.1) is 0 Å². The number of aliphatic hydroxyl groups excluding tert-OH is 1. The fraction of sp³-hybridized carbons (Fsp3) is 0.933. The van der Waals surface area contributed by atoms with Crippen LogP contribution in [0, 0.1) is 28.6 Å². The molecule has 1 aliphatic rings. The number of rotatable bonds is 7. The summed E-state index contributed by atoms with van der Waals surface area (Å²) in [5.74, 6) is 1.15. The summed E-state index contributed by atoms with van der Waals surface area (Å²) in [6.45, 7) is 6.34. The Kier molecular flexibility index (Phi) is 6.67. The van der Waals surface area contributed by atoms with Gasteiger partial charge in [0, 0.05) is 6.61 Å². The van der Waals surface area contributed by atoms with Gasteiger partial charge >= 0.3 is 0 Å². The third-order valence-electron chi connectivity index (χ3n) is 4.17. The Morgan fingerprint density at radius 2 is 1.94 bits per heavy atom.